The molecule has 0 saturated carbocycles. The van der Waals surface area contributed by atoms with Crippen LogP contribution in [0.2, 0.25) is 0 Å². The lowest BCUT2D eigenvalue weighted by Gasteiger charge is -2.33. The highest BCUT2D eigenvalue weighted by molar-refractivity contribution is 5.85. The molecule has 2 fully saturated rings. The van der Waals surface area contributed by atoms with Crippen LogP contribution in [0.15, 0.2) is 24.3 Å². The van der Waals surface area contributed by atoms with Crippen LogP contribution in [0, 0.1) is 12.7 Å². The van der Waals surface area contributed by atoms with Crippen molar-refractivity contribution in [3.05, 3.63) is 35.8 Å². The van der Waals surface area contributed by atoms with E-state index in [0.29, 0.717) is 24.1 Å². The first kappa shape index (κ1) is 20.0. The Hall–Kier alpha value is -2.28. The number of piperidine rings is 1. The van der Waals surface area contributed by atoms with Gasteiger partial charge in [-0.1, -0.05) is 0 Å². The molecule has 3 heterocycles. The number of pyridine rings is 1. The van der Waals surface area contributed by atoms with E-state index in [9.17, 15) is 13.6 Å². The van der Waals surface area contributed by atoms with Crippen LogP contribution in [0.4, 0.5) is 8.78 Å². The number of likely N-dealkylation sites (tertiary alicyclic amines) is 2. The second-order valence-electron chi connectivity index (χ2n) is 8.24. The predicted molar refractivity (Wildman–Crippen MR) is 107 cm³/mol. The Morgan fingerprint density at radius 2 is 2.03 bits per heavy atom. The van der Waals surface area contributed by atoms with Gasteiger partial charge >= 0.3 is 0 Å². The lowest BCUT2D eigenvalue weighted by atomic mass is 10.1. The maximum Gasteiger partial charge on any atom is 0.237 e. The van der Waals surface area contributed by atoms with Crippen LogP contribution in [0.1, 0.15) is 31.9 Å². The number of amides is 1. The molecular weight excluding hydrogens is 376 g/mol. The number of ether oxygens (including phenoxy) is 1. The maximum absolute atomic E-state index is 13.7. The van der Waals surface area contributed by atoms with E-state index in [0.717, 1.165) is 37.1 Å². The molecular formula is C22H27F2N3O2. The van der Waals surface area contributed by atoms with Gasteiger partial charge in [-0.05, 0) is 44.9 Å². The molecule has 29 heavy (non-hydrogen) atoms. The summed E-state index contributed by atoms with van der Waals surface area (Å²) in [6.07, 6.45) is 1.10. The number of alkyl halides is 1. The highest BCUT2D eigenvalue weighted by Gasteiger charge is 2.33. The third-order valence-corrected chi connectivity index (χ3v) is 5.89. The lowest BCUT2D eigenvalue weighted by molar-refractivity contribution is -0.133. The van der Waals surface area contributed by atoms with E-state index < -0.39 is 6.17 Å². The first-order valence-electron chi connectivity index (χ1n) is 10.3. The summed E-state index contributed by atoms with van der Waals surface area (Å²) < 4.78 is 33.4. The van der Waals surface area contributed by atoms with Gasteiger partial charge in [-0.15, -0.1) is 0 Å². The molecule has 0 N–H and O–H groups in total. The molecule has 2 atom stereocenters. The van der Waals surface area contributed by atoms with Crippen LogP contribution >= 0.6 is 0 Å². The predicted octanol–water partition coefficient (Wildman–Crippen LogP) is 3.48. The monoisotopic (exact) mass is 403 g/mol. The van der Waals surface area contributed by atoms with Crippen molar-refractivity contribution in [1.29, 1.82) is 0 Å². The Bertz CT molecular complexity index is 899. The van der Waals surface area contributed by atoms with Crippen molar-refractivity contribution < 1.29 is 18.3 Å². The van der Waals surface area contributed by atoms with Gasteiger partial charge in [0.25, 0.3) is 0 Å². The summed E-state index contributed by atoms with van der Waals surface area (Å²) in [7, 11) is 0. The van der Waals surface area contributed by atoms with Gasteiger partial charge in [-0.3, -0.25) is 14.7 Å². The molecule has 156 valence electrons. The molecule has 0 aliphatic carbocycles. The number of aryl methyl sites for hydroxylation is 1. The topological polar surface area (TPSA) is 45.7 Å². The summed E-state index contributed by atoms with van der Waals surface area (Å²) in [5.41, 5.74) is 1.54. The molecule has 5 nitrogen and oxygen atoms in total. The summed E-state index contributed by atoms with van der Waals surface area (Å²) >= 11 is 0. The van der Waals surface area contributed by atoms with E-state index in [2.05, 4.69) is 9.88 Å². The number of aromatic nitrogens is 1. The zero-order valence-electron chi connectivity index (χ0n) is 16.9. The Morgan fingerprint density at radius 1 is 1.28 bits per heavy atom. The number of hydrogen-bond donors (Lipinski definition) is 0. The third kappa shape index (κ3) is 4.50. The standard InChI is InChI=1S/C22H27F2N3O2/c1-14-9-21(19-11-16(23)3-4-20(19)25-14)29-18-5-7-26(8-6-18)13-22(28)27-12-17(24)10-15(27)2/h3-4,9,11,15,17-18H,5-8,10,12-13H2,1-2H3/t15-,17+/m1/s1. The van der Waals surface area contributed by atoms with E-state index in [1.807, 2.05) is 19.9 Å². The van der Waals surface area contributed by atoms with Gasteiger partial charge in [0.15, 0.2) is 0 Å². The van der Waals surface area contributed by atoms with Crippen molar-refractivity contribution >= 4 is 16.8 Å². The Labute approximate surface area is 169 Å². The molecule has 1 aromatic heterocycles. The molecule has 2 aliphatic heterocycles. The largest absolute Gasteiger partial charge is 0.490 e. The van der Waals surface area contributed by atoms with Crippen molar-refractivity contribution in [3.63, 3.8) is 0 Å². The van der Waals surface area contributed by atoms with Crippen LogP contribution in [-0.2, 0) is 4.79 Å². The number of hydrogen-bond acceptors (Lipinski definition) is 4. The average Bonchev–Trinajstić information content (AvgIpc) is 3.02. The Morgan fingerprint density at radius 3 is 2.72 bits per heavy atom. The smallest absolute Gasteiger partial charge is 0.237 e. The van der Waals surface area contributed by atoms with Gasteiger partial charge in [0.2, 0.25) is 5.91 Å². The van der Waals surface area contributed by atoms with E-state index in [1.165, 1.54) is 12.1 Å². The Balaban J connectivity index is 1.35. The van der Waals surface area contributed by atoms with Crippen molar-refractivity contribution in [2.75, 3.05) is 26.2 Å². The molecule has 0 unspecified atom stereocenters. The van der Waals surface area contributed by atoms with Crippen molar-refractivity contribution in [3.8, 4) is 5.75 Å². The fraction of sp³-hybridized carbons (Fsp3) is 0.545. The number of carbonyl (C=O) groups excluding carboxylic acids is 1. The fourth-order valence-electron chi connectivity index (χ4n) is 4.35. The van der Waals surface area contributed by atoms with Crippen LogP contribution < -0.4 is 4.74 Å². The third-order valence-electron chi connectivity index (χ3n) is 5.89. The minimum atomic E-state index is -0.906. The SMILES string of the molecule is Cc1cc(OC2CCN(CC(=O)N3C[C@@H](F)C[C@H]3C)CC2)c2cc(F)ccc2n1. The van der Waals surface area contributed by atoms with Crippen molar-refractivity contribution in [2.45, 2.75) is 51.4 Å². The average molecular weight is 403 g/mol. The number of carbonyl (C=O) groups is 1. The normalized spacial score (nSPS) is 23.7. The molecule has 2 aromatic rings. The zero-order chi connectivity index (χ0) is 20.5. The Kier molecular flexibility index (Phi) is 5.67. The molecule has 2 saturated heterocycles. The maximum atomic E-state index is 13.7. The summed E-state index contributed by atoms with van der Waals surface area (Å²) in [6, 6.07) is 6.35. The van der Waals surface area contributed by atoms with E-state index in [4.69, 9.17) is 4.74 Å². The second kappa shape index (κ2) is 8.22. The van der Waals surface area contributed by atoms with Gasteiger partial charge in [-0.25, -0.2) is 8.78 Å². The summed E-state index contributed by atoms with van der Waals surface area (Å²) in [4.78, 5) is 20.7. The lowest BCUT2D eigenvalue weighted by Crippen LogP contribution is -2.46. The van der Waals surface area contributed by atoms with Crippen LogP contribution in [0.25, 0.3) is 10.9 Å². The van der Waals surface area contributed by atoms with Gasteiger partial charge in [0.1, 0.15) is 23.8 Å². The highest BCUT2D eigenvalue weighted by atomic mass is 19.1. The van der Waals surface area contributed by atoms with E-state index >= 15 is 0 Å². The quantitative estimate of drug-likeness (QED) is 0.784. The number of nitrogens with zero attached hydrogens (tertiary/aromatic N) is 3. The minimum absolute atomic E-state index is 0.00301. The second-order valence-corrected chi connectivity index (χ2v) is 8.24. The number of benzene rings is 1. The van der Waals surface area contributed by atoms with Crippen LogP contribution in [-0.4, -0.2) is 65.2 Å². The first-order chi connectivity index (χ1) is 13.9. The van der Waals surface area contributed by atoms with Gasteiger partial charge in [-0.2, -0.15) is 0 Å². The van der Waals surface area contributed by atoms with Crippen LogP contribution in [0.3, 0.4) is 0 Å². The number of rotatable bonds is 4. The summed E-state index contributed by atoms with van der Waals surface area (Å²) in [6.45, 7) is 5.82. The minimum Gasteiger partial charge on any atom is -0.490 e. The molecule has 2 aliphatic rings. The summed E-state index contributed by atoms with van der Waals surface area (Å²) in [5, 5.41) is 0.678. The number of fused-ring (bicyclic) bond motifs is 1. The van der Waals surface area contributed by atoms with Gasteiger partial charge < -0.3 is 9.64 Å². The van der Waals surface area contributed by atoms with E-state index in [1.54, 1.807) is 11.0 Å². The highest BCUT2D eigenvalue weighted by Crippen LogP contribution is 2.29. The van der Waals surface area contributed by atoms with Gasteiger partial charge in [0, 0.05) is 42.7 Å². The van der Waals surface area contributed by atoms with E-state index in [-0.39, 0.29) is 30.4 Å². The molecule has 1 aromatic carbocycles. The molecule has 0 spiro atoms. The van der Waals surface area contributed by atoms with Crippen LogP contribution in [0.5, 0.6) is 5.75 Å². The summed E-state index contributed by atoms with van der Waals surface area (Å²) in [5.74, 6) is 0.345. The molecule has 7 heteroatoms. The molecule has 4 rings (SSSR count). The molecule has 0 bridgehead atoms. The van der Waals surface area contributed by atoms with Crippen molar-refractivity contribution in [1.82, 2.24) is 14.8 Å². The number of halogens is 2. The molecule has 0 radical (unpaired) electrons. The first-order valence-corrected chi connectivity index (χ1v) is 10.3. The zero-order valence-corrected chi connectivity index (χ0v) is 16.9. The molecule has 1 amide bonds. The van der Waals surface area contributed by atoms with Crippen molar-refractivity contribution in [2.24, 2.45) is 0 Å². The fourth-order valence-corrected chi connectivity index (χ4v) is 4.35. The van der Waals surface area contributed by atoms with Gasteiger partial charge in [0.05, 0.1) is 18.6 Å².